The minimum atomic E-state index is -0.208. The zero-order valence-corrected chi connectivity index (χ0v) is 8.46. The number of hydrogen-bond donors (Lipinski definition) is 2. The van der Waals surface area contributed by atoms with Gasteiger partial charge in [-0.25, -0.2) is 0 Å². The summed E-state index contributed by atoms with van der Waals surface area (Å²) >= 11 is 0. The molecule has 4 heteroatoms. The van der Waals surface area contributed by atoms with Crippen LogP contribution in [0.25, 0.3) is 0 Å². The molecule has 3 N–H and O–H groups in total. The van der Waals surface area contributed by atoms with E-state index in [1.165, 1.54) is 6.92 Å². The lowest BCUT2D eigenvalue weighted by Gasteiger charge is -2.20. The SMILES string of the molecule is CC(=O)CC(NC(=O)CN)C(C)C. The van der Waals surface area contributed by atoms with E-state index in [1.54, 1.807) is 0 Å². The van der Waals surface area contributed by atoms with Crippen molar-refractivity contribution in [3.05, 3.63) is 0 Å². The van der Waals surface area contributed by atoms with Crippen molar-refractivity contribution in [2.45, 2.75) is 33.2 Å². The maximum absolute atomic E-state index is 11.0. The highest BCUT2D eigenvalue weighted by molar-refractivity contribution is 5.80. The van der Waals surface area contributed by atoms with Crippen LogP contribution >= 0.6 is 0 Å². The standard InChI is InChI=1S/C9H18N2O2/c1-6(2)8(4-7(3)12)11-9(13)5-10/h6,8H,4-5,10H2,1-3H3,(H,11,13). The maximum atomic E-state index is 11.0. The Morgan fingerprint density at radius 2 is 1.92 bits per heavy atom. The first kappa shape index (κ1) is 12.1. The predicted octanol–water partition coefficient (Wildman–Crippen LogP) is 0.0650. The second-order valence-electron chi connectivity index (χ2n) is 3.53. The summed E-state index contributed by atoms with van der Waals surface area (Å²) < 4.78 is 0. The topological polar surface area (TPSA) is 72.2 Å². The summed E-state index contributed by atoms with van der Waals surface area (Å²) in [7, 11) is 0. The van der Waals surface area contributed by atoms with Gasteiger partial charge in [-0.15, -0.1) is 0 Å². The summed E-state index contributed by atoms with van der Waals surface area (Å²) in [6, 6.07) is -0.0893. The number of nitrogens with one attached hydrogen (secondary N) is 1. The van der Waals surface area contributed by atoms with Crippen molar-refractivity contribution in [1.82, 2.24) is 5.32 Å². The van der Waals surface area contributed by atoms with Crippen LogP contribution in [0, 0.1) is 5.92 Å². The molecule has 0 aliphatic rings. The highest BCUT2D eigenvalue weighted by atomic mass is 16.2. The number of carbonyl (C=O) groups is 2. The molecule has 0 rings (SSSR count). The molecule has 0 aromatic heterocycles. The predicted molar refractivity (Wildman–Crippen MR) is 51.1 cm³/mol. The fourth-order valence-corrected chi connectivity index (χ4v) is 1.03. The second kappa shape index (κ2) is 5.70. The summed E-state index contributed by atoms with van der Waals surface area (Å²) in [5.74, 6) is 0.121. The van der Waals surface area contributed by atoms with E-state index in [0.717, 1.165) is 0 Å². The molecule has 0 fully saturated rings. The van der Waals surface area contributed by atoms with Gasteiger partial charge in [-0.1, -0.05) is 13.8 Å². The van der Waals surface area contributed by atoms with Gasteiger partial charge in [-0.3, -0.25) is 9.59 Å². The van der Waals surface area contributed by atoms with E-state index in [2.05, 4.69) is 5.32 Å². The van der Waals surface area contributed by atoms with E-state index in [1.807, 2.05) is 13.8 Å². The van der Waals surface area contributed by atoms with Gasteiger partial charge in [0.25, 0.3) is 0 Å². The fourth-order valence-electron chi connectivity index (χ4n) is 1.03. The molecule has 1 amide bonds. The van der Waals surface area contributed by atoms with Gasteiger partial charge in [0, 0.05) is 12.5 Å². The number of carbonyl (C=O) groups excluding carboxylic acids is 2. The zero-order valence-electron chi connectivity index (χ0n) is 8.46. The summed E-state index contributed by atoms with van der Waals surface area (Å²) in [6.45, 7) is 5.42. The quantitative estimate of drug-likeness (QED) is 0.638. The van der Waals surface area contributed by atoms with Gasteiger partial charge >= 0.3 is 0 Å². The Labute approximate surface area is 78.9 Å². The van der Waals surface area contributed by atoms with E-state index < -0.39 is 0 Å². The summed E-state index contributed by atoms with van der Waals surface area (Å²) in [6.07, 6.45) is 0.378. The van der Waals surface area contributed by atoms with Crippen LogP contribution in [0.15, 0.2) is 0 Å². The van der Waals surface area contributed by atoms with E-state index in [0.29, 0.717) is 6.42 Å². The van der Waals surface area contributed by atoms with Crippen molar-refractivity contribution in [3.63, 3.8) is 0 Å². The zero-order chi connectivity index (χ0) is 10.4. The van der Waals surface area contributed by atoms with Crippen LogP contribution in [-0.4, -0.2) is 24.3 Å². The smallest absolute Gasteiger partial charge is 0.233 e. The van der Waals surface area contributed by atoms with Gasteiger partial charge in [-0.2, -0.15) is 0 Å². The Kier molecular flexibility index (Phi) is 5.30. The maximum Gasteiger partial charge on any atom is 0.233 e. The minimum absolute atomic E-state index is 0.0267. The number of rotatable bonds is 5. The molecular weight excluding hydrogens is 168 g/mol. The molecule has 1 atom stereocenters. The number of Topliss-reactive ketones (excluding diaryl/α,β-unsaturated/α-hetero) is 1. The number of ketones is 1. The number of amides is 1. The van der Waals surface area contributed by atoms with E-state index in [-0.39, 0.29) is 30.2 Å². The highest BCUT2D eigenvalue weighted by Crippen LogP contribution is 2.06. The lowest BCUT2D eigenvalue weighted by atomic mass is 9.99. The monoisotopic (exact) mass is 186 g/mol. The average molecular weight is 186 g/mol. The van der Waals surface area contributed by atoms with Gasteiger partial charge in [0.05, 0.1) is 6.54 Å². The third-order valence-electron chi connectivity index (χ3n) is 1.84. The van der Waals surface area contributed by atoms with Gasteiger partial charge in [0.15, 0.2) is 0 Å². The molecule has 4 nitrogen and oxygen atoms in total. The molecule has 13 heavy (non-hydrogen) atoms. The van der Waals surface area contributed by atoms with Crippen molar-refractivity contribution in [2.24, 2.45) is 11.7 Å². The van der Waals surface area contributed by atoms with Crippen molar-refractivity contribution in [2.75, 3.05) is 6.54 Å². The molecule has 0 spiro atoms. The van der Waals surface area contributed by atoms with Crippen LogP contribution in [0.3, 0.4) is 0 Å². The average Bonchev–Trinajstić information content (AvgIpc) is 2.02. The normalized spacial score (nSPS) is 12.7. The van der Waals surface area contributed by atoms with Gasteiger partial charge in [-0.05, 0) is 12.8 Å². The first-order valence-corrected chi connectivity index (χ1v) is 4.46. The molecule has 0 aromatic carbocycles. The number of nitrogens with two attached hydrogens (primary N) is 1. The van der Waals surface area contributed by atoms with Crippen LogP contribution < -0.4 is 11.1 Å². The van der Waals surface area contributed by atoms with Crippen LogP contribution in [-0.2, 0) is 9.59 Å². The summed E-state index contributed by atoms with van der Waals surface area (Å²) in [5, 5.41) is 2.71. The van der Waals surface area contributed by atoms with Crippen molar-refractivity contribution >= 4 is 11.7 Å². The Morgan fingerprint density at radius 3 is 2.23 bits per heavy atom. The molecule has 0 aromatic rings. The van der Waals surface area contributed by atoms with Crippen molar-refractivity contribution in [3.8, 4) is 0 Å². The van der Waals surface area contributed by atoms with Gasteiger partial charge < -0.3 is 11.1 Å². The van der Waals surface area contributed by atoms with Crippen LogP contribution in [0.5, 0.6) is 0 Å². The molecule has 0 bridgehead atoms. The summed E-state index contributed by atoms with van der Waals surface area (Å²) in [4.78, 5) is 21.8. The third-order valence-corrected chi connectivity index (χ3v) is 1.84. The Morgan fingerprint density at radius 1 is 1.38 bits per heavy atom. The van der Waals surface area contributed by atoms with Gasteiger partial charge in [0.1, 0.15) is 5.78 Å². The lowest BCUT2D eigenvalue weighted by Crippen LogP contribution is -2.42. The molecule has 1 unspecified atom stereocenters. The lowest BCUT2D eigenvalue weighted by molar-refractivity contribution is -0.121. The Hall–Kier alpha value is -0.900. The second-order valence-corrected chi connectivity index (χ2v) is 3.53. The molecular formula is C9H18N2O2. The molecule has 0 aliphatic carbocycles. The van der Waals surface area contributed by atoms with E-state index in [9.17, 15) is 9.59 Å². The highest BCUT2D eigenvalue weighted by Gasteiger charge is 2.16. The van der Waals surface area contributed by atoms with Crippen molar-refractivity contribution in [1.29, 1.82) is 0 Å². The largest absolute Gasteiger partial charge is 0.352 e. The summed E-state index contributed by atoms with van der Waals surface area (Å²) in [5.41, 5.74) is 5.15. The number of hydrogen-bond acceptors (Lipinski definition) is 3. The van der Waals surface area contributed by atoms with E-state index in [4.69, 9.17) is 5.73 Å². The first-order chi connectivity index (χ1) is 5.97. The molecule has 76 valence electrons. The van der Waals surface area contributed by atoms with Crippen LogP contribution in [0.1, 0.15) is 27.2 Å². The van der Waals surface area contributed by atoms with Crippen LogP contribution in [0.2, 0.25) is 0 Å². The first-order valence-electron chi connectivity index (χ1n) is 4.46. The molecule has 0 aliphatic heterocycles. The molecule has 0 radical (unpaired) electrons. The molecule has 0 saturated heterocycles. The van der Waals surface area contributed by atoms with Crippen LogP contribution in [0.4, 0.5) is 0 Å². The Bertz CT molecular complexity index is 190. The fraction of sp³-hybridized carbons (Fsp3) is 0.778. The van der Waals surface area contributed by atoms with Crippen molar-refractivity contribution < 1.29 is 9.59 Å². The van der Waals surface area contributed by atoms with E-state index >= 15 is 0 Å². The molecule has 0 saturated carbocycles. The minimum Gasteiger partial charge on any atom is -0.352 e. The molecule has 0 heterocycles. The third kappa shape index (κ3) is 5.36. The van der Waals surface area contributed by atoms with Gasteiger partial charge in [0.2, 0.25) is 5.91 Å². The Balaban J connectivity index is 4.09.